The number of primary amides is 1. The summed E-state index contributed by atoms with van der Waals surface area (Å²) in [4.78, 5) is 27.8. The van der Waals surface area contributed by atoms with E-state index in [1.54, 1.807) is 6.92 Å². The van der Waals surface area contributed by atoms with Gasteiger partial charge in [0.25, 0.3) is 5.91 Å². The quantitative estimate of drug-likeness (QED) is 0.719. The number of carbonyl (C=O) groups excluding carboxylic acids is 2. The summed E-state index contributed by atoms with van der Waals surface area (Å²) in [6.07, 6.45) is 2.32. The van der Waals surface area contributed by atoms with Gasteiger partial charge in [0.15, 0.2) is 0 Å². The van der Waals surface area contributed by atoms with E-state index in [9.17, 15) is 9.59 Å². The highest BCUT2D eigenvalue weighted by Gasteiger charge is 2.37. The first-order chi connectivity index (χ1) is 12.8. The summed E-state index contributed by atoms with van der Waals surface area (Å²) in [5.74, 6) is 4.05. The Hall–Kier alpha value is -2.65. The van der Waals surface area contributed by atoms with Gasteiger partial charge in [-0.3, -0.25) is 9.69 Å². The second-order valence-corrected chi connectivity index (χ2v) is 7.40. The molecule has 1 fully saturated rings. The van der Waals surface area contributed by atoms with E-state index in [2.05, 4.69) is 16.8 Å². The molecule has 1 aromatic heterocycles. The molecule has 0 aliphatic heterocycles. The predicted octanol–water partition coefficient (Wildman–Crippen LogP) is 1.72. The Labute approximate surface area is 158 Å². The Bertz CT molecular complexity index is 996. The number of fused-ring (bicyclic) bond motifs is 1. The third-order valence-corrected chi connectivity index (χ3v) is 5.88. The van der Waals surface area contributed by atoms with Crippen molar-refractivity contribution in [3.8, 4) is 11.8 Å². The lowest BCUT2D eigenvalue weighted by Crippen LogP contribution is -3.15. The minimum absolute atomic E-state index is 0.00865. The van der Waals surface area contributed by atoms with Gasteiger partial charge in [-0.1, -0.05) is 5.92 Å². The maximum Gasteiger partial charge on any atom is 0.390 e. The SMILES string of the molecule is CC#CC(=O)[NH+](C)[C@H]1CCC(c2c(F)cc(C(N)=O)c3[nH]c(C)c(C)c23)C1. The van der Waals surface area contributed by atoms with Gasteiger partial charge in [0, 0.05) is 35.4 Å². The van der Waals surface area contributed by atoms with Crippen LogP contribution in [0.1, 0.15) is 59.3 Å². The minimum atomic E-state index is -0.649. The number of quaternary nitrogens is 1. The molecule has 3 rings (SSSR count). The Morgan fingerprint density at radius 3 is 2.67 bits per heavy atom. The van der Waals surface area contributed by atoms with Crippen molar-refractivity contribution in [3.05, 3.63) is 34.3 Å². The topological polar surface area (TPSA) is 80.4 Å². The van der Waals surface area contributed by atoms with Crippen LogP contribution in [0.2, 0.25) is 0 Å². The highest BCUT2D eigenvalue weighted by atomic mass is 19.1. The van der Waals surface area contributed by atoms with Crippen LogP contribution >= 0.6 is 0 Å². The molecule has 2 amide bonds. The lowest BCUT2D eigenvalue weighted by Gasteiger charge is -2.18. The van der Waals surface area contributed by atoms with Crippen LogP contribution in [0.15, 0.2) is 6.07 Å². The van der Waals surface area contributed by atoms with Crippen LogP contribution in [0.3, 0.4) is 0 Å². The Kier molecular flexibility index (Phi) is 5.07. The first kappa shape index (κ1) is 19.1. The zero-order chi connectivity index (χ0) is 19.9. The summed E-state index contributed by atoms with van der Waals surface area (Å²) < 4.78 is 15.1. The number of aryl methyl sites for hydroxylation is 2. The largest absolute Gasteiger partial charge is 0.390 e. The number of nitrogens with one attached hydrogen (secondary N) is 2. The van der Waals surface area contributed by atoms with Gasteiger partial charge in [-0.25, -0.2) is 9.18 Å². The number of amides is 2. The summed E-state index contributed by atoms with van der Waals surface area (Å²) in [5.41, 5.74) is 8.68. The molecule has 0 radical (unpaired) electrons. The molecule has 2 aromatic rings. The van der Waals surface area contributed by atoms with Gasteiger partial charge in [-0.05, 0) is 44.7 Å². The molecule has 1 saturated carbocycles. The summed E-state index contributed by atoms with van der Waals surface area (Å²) in [6.45, 7) is 5.47. The van der Waals surface area contributed by atoms with Crippen molar-refractivity contribution < 1.29 is 18.9 Å². The van der Waals surface area contributed by atoms with Crippen LogP contribution in [0.4, 0.5) is 4.39 Å². The van der Waals surface area contributed by atoms with Crippen molar-refractivity contribution in [3.63, 3.8) is 0 Å². The number of hydrogen-bond acceptors (Lipinski definition) is 2. The molecule has 4 N–H and O–H groups in total. The maximum absolute atomic E-state index is 15.1. The molecule has 142 valence electrons. The minimum Gasteiger partial charge on any atom is -0.366 e. The highest BCUT2D eigenvalue weighted by Crippen LogP contribution is 2.41. The Balaban J connectivity index is 2.04. The Morgan fingerprint density at radius 1 is 1.33 bits per heavy atom. The second-order valence-electron chi connectivity index (χ2n) is 7.40. The van der Waals surface area contributed by atoms with Gasteiger partial charge in [0.2, 0.25) is 0 Å². The van der Waals surface area contributed by atoms with Gasteiger partial charge in [0.05, 0.1) is 24.2 Å². The number of aromatic nitrogens is 1. The molecular formula is C21H25FN3O2+. The molecule has 0 spiro atoms. The van der Waals surface area contributed by atoms with Gasteiger partial charge in [-0.2, -0.15) is 0 Å². The van der Waals surface area contributed by atoms with E-state index in [4.69, 9.17) is 5.73 Å². The van der Waals surface area contributed by atoms with Crippen molar-refractivity contribution >= 4 is 22.7 Å². The van der Waals surface area contributed by atoms with Gasteiger partial charge >= 0.3 is 5.91 Å². The number of rotatable bonds is 3. The van der Waals surface area contributed by atoms with E-state index in [1.807, 2.05) is 20.9 Å². The van der Waals surface area contributed by atoms with Crippen molar-refractivity contribution in [1.29, 1.82) is 0 Å². The Morgan fingerprint density at radius 2 is 2.04 bits per heavy atom. The normalized spacial score (nSPS) is 20.3. The zero-order valence-electron chi connectivity index (χ0n) is 16.1. The number of hydrogen-bond donors (Lipinski definition) is 3. The molecule has 1 heterocycles. The number of halogens is 1. The standard InChI is InChI=1S/C21H24FN3O2/c1-5-6-17(26)25(4)14-8-7-13(9-14)19-16(22)10-15(21(23)27)20-18(19)11(2)12(3)24-20/h10,13-14,24H,7-9H2,1-4H3,(H2,23,27)/p+1/t13?,14-/m0/s1. The first-order valence-electron chi connectivity index (χ1n) is 9.17. The smallest absolute Gasteiger partial charge is 0.366 e. The molecule has 0 saturated heterocycles. The molecule has 1 aromatic carbocycles. The molecule has 3 atom stereocenters. The summed E-state index contributed by atoms with van der Waals surface area (Å²) in [7, 11) is 1.83. The van der Waals surface area contributed by atoms with Gasteiger partial charge in [0.1, 0.15) is 5.82 Å². The molecule has 5 nitrogen and oxygen atoms in total. The lowest BCUT2D eigenvalue weighted by atomic mass is 9.90. The fourth-order valence-electron chi connectivity index (χ4n) is 4.28. The molecule has 6 heteroatoms. The number of aromatic amines is 1. The van der Waals surface area contributed by atoms with Crippen LogP contribution in [0, 0.1) is 31.5 Å². The lowest BCUT2D eigenvalue weighted by molar-refractivity contribution is -0.823. The third kappa shape index (κ3) is 3.24. The summed E-state index contributed by atoms with van der Waals surface area (Å²) in [6, 6.07) is 1.35. The maximum atomic E-state index is 15.1. The molecule has 1 aliphatic rings. The van der Waals surface area contributed by atoms with E-state index in [0.717, 1.165) is 34.4 Å². The summed E-state index contributed by atoms with van der Waals surface area (Å²) in [5, 5.41) is 0.754. The van der Waals surface area contributed by atoms with Crippen molar-refractivity contribution in [2.45, 2.75) is 52.0 Å². The molecular weight excluding hydrogens is 345 g/mol. The second kappa shape index (κ2) is 7.16. The zero-order valence-corrected chi connectivity index (χ0v) is 16.1. The molecule has 2 unspecified atom stereocenters. The molecule has 27 heavy (non-hydrogen) atoms. The van der Waals surface area contributed by atoms with Crippen LogP contribution < -0.4 is 10.6 Å². The fourth-order valence-corrected chi connectivity index (χ4v) is 4.28. The highest BCUT2D eigenvalue weighted by molar-refractivity contribution is 6.07. The monoisotopic (exact) mass is 370 g/mol. The number of carbonyl (C=O) groups is 2. The summed E-state index contributed by atoms with van der Waals surface area (Å²) >= 11 is 0. The van der Waals surface area contributed by atoms with Crippen molar-refractivity contribution in [2.75, 3.05) is 7.05 Å². The molecule has 0 bridgehead atoms. The van der Waals surface area contributed by atoms with Crippen LogP contribution in [0.5, 0.6) is 0 Å². The average molecular weight is 370 g/mol. The number of nitrogens with two attached hydrogens (primary N) is 1. The van der Waals surface area contributed by atoms with E-state index >= 15 is 4.39 Å². The predicted molar refractivity (Wildman–Crippen MR) is 102 cm³/mol. The van der Waals surface area contributed by atoms with Crippen molar-refractivity contribution in [2.24, 2.45) is 5.73 Å². The number of benzene rings is 1. The average Bonchev–Trinajstić information content (AvgIpc) is 3.20. The third-order valence-electron chi connectivity index (χ3n) is 5.88. The van der Waals surface area contributed by atoms with E-state index in [1.165, 1.54) is 6.07 Å². The van der Waals surface area contributed by atoms with Crippen LogP contribution in [-0.4, -0.2) is 29.9 Å². The van der Waals surface area contributed by atoms with Gasteiger partial charge in [-0.15, -0.1) is 0 Å². The van der Waals surface area contributed by atoms with E-state index in [0.29, 0.717) is 17.5 Å². The van der Waals surface area contributed by atoms with Crippen LogP contribution in [0.25, 0.3) is 10.9 Å². The van der Waals surface area contributed by atoms with E-state index in [-0.39, 0.29) is 23.4 Å². The molecule has 1 aliphatic carbocycles. The van der Waals surface area contributed by atoms with Crippen molar-refractivity contribution in [1.82, 2.24) is 4.98 Å². The number of H-pyrrole nitrogens is 1. The van der Waals surface area contributed by atoms with Gasteiger partial charge < -0.3 is 10.7 Å². The fraction of sp³-hybridized carbons (Fsp3) is 0.429. The first-order valence-corrected chi connectivity index (χ1v) is 9.17. The van der Waals surface area contributed by atoms with Crippen LogP contribution in [-0.2, 0) is 4.79 Å². The van der Waals surface area contributed by atoms with E-state index < -0.39 is 11.7 Å².